The summed E-state index contributed by atoms with van der Waals surface area (Å²) in [5.74, 6) is 0.841. The number of carbonyl (C=O) groups is 1. The highest BCUT2D eigenvalue weighted by atomic mass is 16.2. The highest BCUT2D eigenvalue weighted by Crippen LogP contribution is 2.30. The second-order valence-electron chi connectivity index (χ2n) is 6.16. The van der Waals surface area contributed by atoms with Crippen LogP contribution >= 0.6 is 0 Å². The molecule has 0 atom stereocenters. The van der Waals surface area contributed by atoms with Crippen molar-refractivity contribution in [2.75, 3.05) is 12.8 Å². The molecule has 0 aromatic carbocycles. The van der Waals surface area contributed by atoms with Gasteiger partial charge in [-0.2, -0.15) is 5.10 Å². The van der Waals surface area contributed by atoms with Crippen molar-refractivity contribution in [2.45, 2.75) is 65.5 Å². The number of rotatable bonds is 4. The molecule has 1 aromatic heterocycles. The van der Waals surface area contributed by atoms with E-state index in [0.717, 1.165) is 24.5 Å². The standard InChI is InChI=1S/C16H28N4O/c1-5-12-7-9-13(10-8-12)19(4)16(21)15-14(17)11(3)18-20(15)6-2/h12-13H,5-10,17H2,1-4H3. The lowest BCUT2D eigenvalue weighted by atomic mass is 9.84. The average Bonchev–Trinajstić information content (AvgIpc) is 2.81. The van der Waals surface area contributed by atoms with Crippen molar-refractivity contribution < 1.29 is 4.79 Å². The first-order chi connectivity index (χ1) is 9.99. The van der Waals surface area contributed by atoms with Gasteiger partial charge in [-0.3, -0.25) is 9.48 Å². The molecule has 0 aliphatic heterocycles. The number of nitrogens with zero attached hydrogens (tertiary/aromatic N) is 3. The Bertz CT molecular complexity index is 501. The van der Waals surface area contributed by atoms with E-state index in [1.807, 2.05) is 25.8 Å². The molecule has 1 aliphatic rings. The van der Waals surface area contributed by atoms with Crippen LogP contribution in [0.15, 0.2) is 0 Å². The molecule has 2 N–H and O–H groups in total. The molecule has 5 heteroatoms. The van der Waals surface area contributed by atoms with Crippen molar-refractivity contribution in [1.29, 1.82) is 0 Å². The monoisotopic (exact) mass is 292 g/mol. The third-order valence-corrected chi connectivity index (χ3v) is 4.94. The number of aromatic nitrogens is 2. The van der Waals surface area contributed by atoms with Crippen molar-refractivity contribution in [3.05, 3.63) is 11.4 Å². The second kappa shape index (κ2) is 6.50. The summed E-state index contributed by atoms with van der Waals surface area (Å²) < 4.78 is 1.72. The Hall–Kier alpha value is -1.52. The molecular weight excluding hydrogens is 264 g/mol. The third-order valence-electron chi connectivity index (χ3n) is 4.94. The molecule has 21 heavy (non-hydrogen) atoms. The molecule has 1 saturated carbocycles. The normalized spacial score (nSPS) is 22.3. The number of nitrogen functional groups attached to an aromatic ring is 1. The number of anilines is 1. The van der Waals surface area contributed by atoms with E-state index < -0.39 is 0 Å². The minimum atomic E-state index is 0.00917. The fraction of sp³-hybridized carbons (Fsp3) is 0.750. The van der Waals surface area contributed by atoms with Crippen LogP contribution in [0.4, 0.5) is 5.69 Å². The van der Waals surface area contributed by atoms with Gasteiger partial charge in [-0.05, 0) is 45.4 Å². The smallest absolute Gasteiger partial charge is 0.274 e. The van der Waals surface area contributed by atoms with Gasteiger partial charge in [0.1, 0.15) is 5.69 Å². The summed E-state index contributed by atoms with van der Waals surface area (Å²) in [5.41, 5.74) is 7.87. The summed E-state index contributed by atoms with van der Waals surface area (Å²) >= 11 is 0. The van der Waals surface area contributed by atoms with Crippen LogP contribution in [0.25, 0.3) is 0 Å². The first kappa shape index (κ1) is 15.9. The minimum absolute atomic E-state index is 0.00917. The molecule has 1 fully saturated rings. The molecule has 2 rings (SSSR count). The molecule has 5 nitrogen and oxygen atoms in total. The Kier molecular flexibility index (Phi) is 4.91. The van der Waals surface area contributed by atoms with Crippen molar-refractivity contribution in [1.82, 2.24) is 14.7 Å². The van der Waals surface area contributed by atoms with E-state index in [9.17, 15) is 4.79 Å². The summed E-state index contributed by atoms with van der Waals surface area (Å²) in [4.78, 5) is 14.7. The summed E-state index contributed by atoms with van der Waals surface area (Å²) in [7, 11) is 1.90. The van der Waals surface area contributed by atoms with Crippen LogP contribution in [0.5, 0.6) is 0 Å². The topological polar surface area (TPSA) is 64.2 Å². The van der Waals surface area contributed by atoms with Gasteiger partial charge < -0.3 is 10.6 Å². The van der Waals surface area contributed by atoms with Gasteiger partial charge in [0.25, 0.3) is 5.91 Å². The predicted octanol–water partition coefficient (Wildman–Crippen LogP) is 2.83. The van der Waals surface area contributed by atoms with Gasteiger partial charge in [0, 0.05) is 19.6 Å². The van der Waals surface area contributed by atoms with Crippen LogP contribution in [-0.2, 0) is 6.54 Å². The van der Waals surface area contributed by atoms with Crippen LogP contribution < -0.4 is 5.73 Å². The maximum absolute atomic E-state index is 12.8. The van der Waals surface area contributed by atoms with E-state index in [-0.39, 0.29) is 5.91 Å². The fourth-order valence-corrected chi connectivity index (χ4v) is 3.32. The maximum Gasteiger partial charge on any atom is 0.274 e. The lowest BCUT2D eigenvalue weighted by molar-refractivity contribution is 0.0663. The molecular formula is C16H28N4O. The molecule has 0 saturated heterocycles. The molecule has 0 radical (unpaired) electrons. The van der Waals surface area contributed by atoms with Gasteiger partial charge in [-0.15, -0.1) is 0 Å². The van der Waals surface area contributed by atoms with E-state index in [1.54, 1.807) is 4.68 Å². The first-order valence-corrected chi connectivity index (χ1v) is 8.09. The molecule has 0 spiro atoms. The van der Waals surface area contributed by atoms with Crippen molar-refractivity contribution >= 4 is 11.6 Å². The summed E-state index contributed by atoms with van der Waals surface area (Å²) in [5, 5.41) is 4.35. The fourth-order valence-electron chi connectivity index (χ4n) is 3.32. The summed E-state index contributed by atoms with van der Waals surface area (Å²) in [6.45, 7) is 6.75. The quantitative estimate of drug-likeness (QED) is 0.928. The predicted molar refractivity (Wildman–Crippen MR) is 85.2 cm³/mol. The average molecular weight is 292 g/mol. The number of hydrogen-bond acceptors (Lipinski definition) is 3. The SMILES string of the molecule is CCC1CCC(N(C)C(=O)c2c(N)c(C)nn2CC)CC1. The van der Waals surface area contributed by atoms with Gasteiger partial charge in [0.2, 0.25) is 0 Å². The van der Waals surface area contributed by atoms with Crippen molar-refractivity contribution in [3.8, 4) is 0 Å². The number of hydrogen-bond donors (Lipinski definition) is 1. The van der Waals surface area contributed by atoms with Gasteiger partial charge in [-0.25, -0.2) is 0 Å². The Labute approximate surface area is 127 Å². The molecule has 1 aromatic rings. The first-order valence-electron chi connectivity index (χ1n) is 8.09. The summed E-state index contributed by atoms with van der Waals surface area (Å²) in [6, 6.07) is 0.334. The van der Waals surface area contributed by atoms with E-state index >= 15 is 0 Å². The zero-order valence-corrected chi connectivity index (χ0v) is 13.7. The largest absolute Gasteiger partial charge is 0.395 e. The van der Waals surface area contributed by atoms with E-state index in [1.165, 1.54) is 19.3 Å². The summed E-state index contributed by atoms with van der Waals surface area (Å²) in [6.07, 6.45) is 5.89. The molecule has 1 aliphatic carbocycles. The van der Waals surface area contributed by atoms with Crippen LogP contribution in [-0.4, -0.2) is 33.7 Å². The zero-order chi connectivity index (χ0) is 15.6. The third kappa shape index (κ3) is 3.06. The molecule has 0 bridgehead atoms. The molecule has 0 unspecified atom stereocenters. The number of amides is 1. The highest BCUT2D eigenvalue weighted by molar-refractivity contribution is 5.98. The van der Waals surface area contributed by atoms with Gasteiger partial charge in [0.05, 0.1) is 11.4 Å². The molecule has 118 valence electrons. The molecule has 1 amide bonds. The Morgan fingerprint density at radius 3 is 2.48 bits per heavy atom. The van der Waals surface area contributed by atoms with Crippen LogP contribution in [0.1, 0.15) is 62.1 Å². The Morgan fingerprint density at radius 2 is 1.95 bits per heavy atom. The lowest BCUT2D eigenvalue weighted by Gasteiger charge is -2.34. The van der Waals surface area contributed by atoms with Crippen molar-refractivity contribution in [3.63, 3.8) is 0 Å². The molecule has 1 heterocycles. The van der Waals surface area contributed by atoms with Crippen LogP contribution in [0.2, 0.25) is 0 Å². The van der Waals surface area contributed by atoms with Gasteiger partial charge in [0.15, 0.2) is 0 Å². The highest BCUT2D eigenvalue weighted by Gasteiger charge is 2.29. The van der Waals surface area contributed by atoms with Crippen LogP contribution in [0.3, 0.4) is 0 Å². The number of aryl methyl sites for hydroxylation is 2. The second-order valence-corrected chi connectivity index (χ2v) is 6.16. The minimum Gasteiger partial charge on any atom is -0.395 e. The lowest BCUT2D eigenvalue weighted by Crippen LogP contribution is -2.40. The van der Waals surface area contributed by atoms with Crippen molar-refractivity contribution in [2.24, 2.45) is 5.92 Å². The Balaban J connectivity index is 2.13. The number of nitrogens with two attached hydrogens (primary N) is 1. The van der Waals surface area contributed by atoms with E-state index in [4.69, 9.17) is 5.73 Å². The van der Waals surface area contributed by atoms with Crippen LogP contribution in [0, 0.1) is 12.8 Å². The zero-order valence-electron chi connectivity index (χ0n) is 13.7. The van der Waals surface area contributed by atoms with Gasteiger partial charge >= 0.3 is 0 Å². The van der Waals surface area contributed by atoms with Gasteiger partial charge in [-0.1, -0.05) is 13.3 Å². The van der Waals surface area contributed by atoms with E-state index in [0.29, 0.717) is 24.0 Å². The number of carbonyl (C=O) groups excluding carboxylic acids is 1. The maximum atomic E-state index is 12.8. The van der Waals surface area contributed by atoms with E-state index in [2.05, 4.69) is 12.0 Å². The Morgan fingerprint density at radius 1 is 1.33 bits per heavy atom.